The summed E-state index contributed by atoms with van der Waals surface area (Å²) < 4.78 is 4.90. The molecule has 0 aliphatic carbocycles. The topological polar surface area (TPSA) is 71.5 Å². The van der Waals surface area contributed by atoms with E-state index >= 15 is 0 Å². The normalized spacial score (nSPS) is 10.2. The van der Waals surface area contributed by atoms with E-state index in [0.717, 1.165) is 5.69 Å². The highest BCUT2D eigenvalue weighted by Crippen LogP contribution is 2.19. The maximum Gasteiger partial charge on any atom is 0.339 e. The lowest BCUT2D eigenvalue weighted by Gasteiger charge is -2.11. The lowest BCUT2D eigenvalue weighted by molar-refractivity contribution is 0.0696. The Bertz CT molecular complexity index is 391. The molecule has 0 fully saturated rings. The summed E-state index contributed by atoms with van der Waals surface area (Å²) in [5, 5.41) is 12.1. The number of nitrogens with one attached hydrogen (secondary N) is 1. The maximum atomic E-state index is 11.1. The molecule has 0 atom stereocenters. The van der Waals surface area contributed by atoms with Gasteiger partial charge in [0.15, 0.2) is 0 Å². The molecule has 0 saturated carbocycles. The highest BCUT2D eigenvalue weighted by molar-refractivity contribution is 5.95. The van der Waals surface area contributed by atoms with Gasteiger partial charge in [-0.15, -0.1) is 0 Å². The summed E-state index contributed by atoms with van der Waals surface area (Å²) in [6.07, 6.45) is 0. The Morgan fingerprint density at radius 2 is 2.25 bits per heavy atom. The summed E-state index contributed by atoms with van der Waals surface area (Å²) in [7, 11) is 1.60. The van der Waals surface area contributed by atoms with Crippen LogP contribution in [0.15, 0.2) is 6.07 Å². The van der Waals surface area contributed by atoms with Crippen molar-refractivity contribution in [2.75, 3.05) is 25.6 Å². The molecule has 1 rings (SSSR count). The number of rotatable bonds is 5. The van der Waals surface area contributed by atoms with Gasteiger partial charge >= 0.3 is 5.97 Å². The SMILES string of the molecule is COCCNc1cc(C)nc(C)c1C(=O)O. The molecule has 1 heterocycles. The van der Waals surface area contributed by atoms with Crippen LogP contribution in [0, 0.1) is 13.8 Å². The molecule has 16 heavy (non-hydrogen) atoms. The second kappa shape index (κ2) is 5.46. The lowest BCUT2D eigenvalue weighted by atomic mass is 10.1. The Kier molecular flexibility index (Phi) is 4.25. The molecule has 0 unspecified atom stereocenters. The van der Waals surface area contributed by atoms with E-state index in [4.69, 9.17) is 9.84 Å². The van der Waals surface area contributed by atoms with Crippen LogP contribution in [0.4, 0.5) is 5.69 Å². The molecule has 0 spiro atoms. The third kappa shape index (κ3) is 2.93. The molecule has 2 N–H and O–H groups in total. The number of carbonyl (C=O) groups is 1. The van der Waals surface area contributed by atoms with Crippen molar-refractivity contribution in [3.63, 3.8) is 0 Å². The van der Waals surface area contributed by atoms with Gasteiger partial charge in [0.2, 0.25) is 0 Å². The van der Waals surface area contributed by atoms with Crippen LogP contribution in [0.2, 0.25) is 0 Å². The summed E-state index contributed by atoms with van der Waals surface area (Å²) in [4.78, 5) is 15.2. The van der Waals surface area contributed by atoms with Gasteiger partial charge in [0.05, 0.1) is 18.0 Å². The maximum absolute atomic E-state index is 11.1. The smallest absolute Gasteiger partial charge is 0.339 e. The van der Waals surface area contributed by atoms with E-state index in [1.165, 1.54) is 0 Å². The molecule has 5 nitrogen and oxygen atoms in total. The van der Waals surface area contributed by atoms with Crippen molar-refractivity contribution >= 4 is 11.7 Å². The molecule has 0 radical (unpaired) electrons. The Labute approximate surface area is 94.5 Å². The Hall–Kier alpha value is -1.62. The zero-order chi connectivity index (χ0) is 12.1. The van der Waals surface area contributed by atoms with E-state index in [-0.39, 0.29) is 5.56 Å². The van der Waals surface area contributed by atoms with Crippen LogP contribution in [0.3, 0.4) is 0 Å². The number of pyridine rings is 1. The molecule has 1 aromatic heterocycles. The van der Waals surface area contributed by atoms with Crippen molar-refractivity contribution in [1.29, 1.82) is 0 Å². The fourth-order valence-corrected chi connectivity index (χ4v) is 1.53. The van der Waals surface area contributed by atoms with Gasteiger partial charge in [-0.05, 0) is 19.9 Å². The molecular weight excluding hydrogens is 208 g/mol. The van der Waals surface area contributed by atoms with E-state index in [9.17, 15) is 4.79 Å². The van der Waals surface area contributed by atoms with E-state index in [1.54, 1.807) is 20.1 Å². The number of nitrogens with zero attached hydrogens (tertiary/aromatic N) is 1. The van der Waals surface area contributed by atoms with Crippen molar-refractivity contribution < 1.29 is 14.6 Å². The average Bonchev–Trinajstić information content (AvgIpc) is 2.16. The monoisotopic (exact) mass is 224 g/mol. The highest BCUT2D eigenvalue weighted by atomic mass is 16.5. The second-order valence-electron chi connectivity index (χ2n) is 3.50. The van der Waals surface area contributed by atoms with Crippen molar-refractivity contribution in [2.45, 2.75) is 13.8 Å². The number of aromatic nitrogens is 1. The number of carboxylic acids is 1. The molecule has 0 amide bonds. The summed E-state index contributed by atoms with van der Waals surface area (Å²) in [5.74, 6) is -0.968. The first-order chi connectivity index (χ1) is 7.56. The van der Waals surface area contributed by atoms with Crippen LogP contribution in [-0.2, 0) is 4.74 Å². The molecule has 88 valence electrons. The Morgan fingerprint density at radius 1 is 1.56 bits per heavy atom. The van der Waals surface area contributed by atoms with E-state index in [1.807, 2.05) is 6.92 Å². The zero-order valence-electron chi connectivity index (χ0n) is 9.70. The first kappa shape index (κ1) is 12.4. The van der Waals surface area contributed by atoms with Crippen LogP contribution >= 0.6 is 0 Å². The summed E-state index contributed by atoms with van der Waals surface area (Å²) in [6, 6.07) is 1.73. The molecule has 0 aliphatic heterocycles. The third-order valence-electron chi connectivity index (χ3n) is 2.16. The number of carboxylic acid groups (broad SMARTS) is 1. The number of aromatic carboxylic acids is 1. The molecule has 5 heteroatoms. The number of ether oxygens (including phenoxy) is 1. The van der Waals surface area contributed by atoms with Crippen LogP contribution in [-0.4, -0.2) is 36.3 Å². The minimum Gasteiger partial charge on any atom is -0.478 e. The third-order valence-corrected chi connectivity index (χ3v) is 2.16. The summed E-state index contributed by atoms with van der Waals surface area (Å²) in [5.41, 5.74) is 2.13. The molecule has 0 aromatic carbocycles. The van der Waals surface area contributed by atoms with Crippen LogP contribution < -0.4 is 5.32 Å². The Morgan fingerprint density at radius 3 is 2.81 bits per heavy atom. The van der Waals surface area contributed by atoms with Gasteiger partial charge in [0, 0.05) is 19.3 Å². The van der Waals surface area contributed by atoms with E-state index in [2.05, 4.69) is 10.3 Å². The van der Waals surface area contributed by atoms with E-state index in [0.29, 0.717) is 24.5 Å². The van der Waals surface area contributed by atoms with Crippen molar-refractivity contribution in [1.82, 2.24) is 4.98 Å². The van der Waals surface area contributed by atoms with Gasteiger partial charge in [0.1, 0.15) is 5.56 Å². The highest BCUT2D eigenvalue weighted by Gasteiger charge is 2.14. The van der Waals surface area contributed by atoms with Crippen molar-refractivity contribution in [3.05, 3.63) is 23.0 Å². The number of anilines is 1. The van der Waals surface area contributed by atoms with Gasteiger partial charge in [-0.2, -0.15) is 0 Å². The van der Waals surface area contributed by atoms with Crippen LogP contribution in [0.25, 0.3) is 0 Å². The zero-order valence-corrected chi connectivity index (χ0v) is 9.70. The molecule has 0 bridgehead atoms. The number of hydrogen-bond donors (Lipinski definition) is 2. The minimum absolute atomic E-state index is 0.224. The standard InChI is InChI=1S/C11H16N2O3/c1-7-6-9(12-4-5-16-3)10(11(14)15)8(2)13-7/h6H,4-5H2,1-3H3,(H,12,13)(H,14,15). The second-order valence-corrected chi connectivity index (χ2v) is 3.50. The first-order valence-corrected chi connectivity index (χ1v) is 5.00. The fourth-order valence-electron chi connectivity index (χ4n) is 1.53. The first-order valence-electron chi connectivity index (χ1n) is 5.00. The molecule has 0 aliphatic rings. The molecule has 0 saturated heterocycles. The number of aryl methyl sites for hydroxylation is 2. The van der Waals surface area contributed by atoms with Crippen LogP contribution in [0.1, 0.15) is 21.7 Å². The molecular formula is C11H16N2O3. The van der Waals surface area contributed by atoms with Gasteiger partial charge in [0.25, 0.3) is 0 Å². The average molecular weight is 224 g/mol. The van der Waals surface area contributed by atoms with Crippen molar-refractivity contribution in [2.24, 2.45) is 0 Å². The lowest BCUT2D eigenvalue weighted by Crippen LogP contribution is -2.13. The number of methoxy groups -OCH3 is 1. The minimum atomic E-state index is -0.968. The van der Waals surface area contributed by atoms with Gasteiger partial charge in [-0.25, -0.2) is 4.79 Å². The van der Waals surface area contributed by atoms with Gasteiger partial charge in [-0.1, -0.05) is 0 Å². The predicted molar refractivity (Wildman–Crippen MR) is 61.0 cm³/mol. The predicted octanol–water partition coefficient (Wildman–Crippen LogP) is 1.45. The summed E-state index contributed by atoms with van der Waals surface area (Å²) >= 11 is 0. The Balaban J connectivity index is 2.99. The van der Waals surface area contributed by atoms with E-state index < -0.39 is 5.97 Å². The number of hydrogen-bond acceptors (Lipinski definition) is 4. The fraction of sp³-hybridized carbons (Fsp3) is 0.455. The van der Waals surface area contributed by atoms with Crippen molar-refractivity contribution in [3.8, 4) is 0 Å². The van der Waals surface area contributed by atoms with Crippen LogP contribution in [0.5, 0.6) is 0 Å². The molecule has 1 aromatic rings. The summed E-state index contributed by atoms with van der Waals surface area (Å²) in [6.45, 7) is 4.62. The van der Waals surface area contributed by atoms with Gasteiger partial charge in [-0.3, -0.25) is 4.98 Å². The largest absolute Gasteiger partial charge is 0.478 e. The van der Waals surface area contributed by atoms with Gasteiger partial charge < -0.3 is 15.2 Å². The quantitative estimate of drug-likeness (QED) is 0.741.